The van der Waals surface area contributed by atoms with E-state index in [0.717, 1.165) is 35.7 Å². The largest absolute Gasteiger partial charge is 0.491 e. The van der Waals surface area contributed by atoms with Crippen LogP contribution in [0.4, 0.5) is 5.69 Å². The van der Waals surface area contributed by atoms with Crippen molar-refractivity contribution in [1.29, 1.82) is 0 Å². The number of thiophene rings is 1. The van der Waals surface area contributed by atoms with Crippen molar-refractivity contribution in [2.45, 2.75) is 6.54 Å². The lowest BCUT2D eigenvalue weighted by Crippen LogP contribution is -2.24. The number of fused-ring (bicyclic) bond motifs is 1. The highest BCUT2D eigenvalue weighted by Gasteiger charge is 2.16. The van der Waals surface area contributed by atoms with Crippen LogP contribution in [0.3, 0.4) is 0 Å². The second-order valence-electron chi connectivity index (χ2n) is 4.20. The molecule has 1 aliphatic heterocycles. The zero-order chi connectivity index (χ0) is 12.4. The van der Waals surface area contributed by atoms with Crippen molar-refractivity contribution in [3.8, 4) is 5.75 Å². The van der Waals surface area contributed by atoms with Gasteiger partial charge in [-0.1, -0.05) is 18.2 Å². The number of benzene rings is 1. The Kier molecular flexibility index (Phi) is 3.02. The van der Waals surface area contributed by atoms with E-state index in [9.17, 15) is 4.79 Å². The maximum absolute atomic E-state index is 10.7. The van der Waals surface area contributed by atoms with Gasteiger partial charge >= 0.3 is 0 Å². The lowest BCUT2D eigenvalue weighted by Gasteiger charge is -2.20. The predicted octanol–water partition coefficient (Wildman–Crippen LogP) is 2.96. The molecule has 0 bridgehead atoms. The van der Waals surface area contributed by atoms with Crippen LogP contribution in [0.25, 0.3) is 0 Å². The number of rotatable bonds is 2. The molecule has 2 aromatic rings. The molecule has 0 saturated carbocycles. The fraction of sp³-hybridized carbons (Fsp3) is 0.214. The van der Waals surface area contributed by atoms with Crippen molar-refractivity contribution in [2.75, 3.05) is 18.1 Å². The van der Waals surface area contributed by atoms with Gasteiger partial charge < -0.3 is 9.64 Å². The number of carbonyl (C=O) groups is 1. The van der Waals surface area contributed by atoms with Crippen LogP contribution in [0.5, 0.6) is 5.75 Å². The first-order valence-electron chi connectivity index (χ1n) is 5.86. The molecule has 1 aliphatic rings. The average Bonchev–Trinajstić information content (AvgIpc) is 2.78. The number of para-hydroxylation sites is 1. The van der Waals surface area contributed by atoms with Crippen molar-refractivity contribution >= 4 is 23.3 Å². The van der Waals surface area contributed by atoms with Gasteiger partial charge in [0.25, 0.3) is 0 Å². The normalized spacial score (nSPS) is 14.6. The molecule has 0 aliphatic carbocycles. The van der Waals surface area contributed by atoms with Gasteiger partial charge in [0.1, 0.15) is 12.4 Å². The van der Waals surface area contributed by atoms with E-state index in [2.05, 4.69) is 11.0 Å². The Labute approximate surface area is 110 Å². The zero-order valence-electron chi connectivity index (χ0n) is 9.83. The number of aldehydes is 1. The molecular formula is C14H13NO2S. The predicted molar refractivity (Wildman–Crippen MR) is 72.7 cm³/mol. The van der Waals surface area contributed by atoms with Crippen molar-refractivity contribution < 1.29 is 9.53 Å². The molecule has 1 aromatic carbocycles. The molecule has 0 spiro atoms. The molecule has 0 fully saturated rings. The van der Waals surface area contributed by atoms with Gasteiger partial charge in [0.15, 0.2) is 6.29 Å². The third-order valence-corrected chi connectivity index (χ3v) is 3.89. The molecule has 2 heterocycles. The van der Waals surface area contributed by atoms with Gasteiger partial charge in [-0.05, 0) is 12.1 Å². The molecule has 18 heavy (non-hydrogen) atoms. The molecule has 0 amide bonds. The maximum Gasteiger partial charge on any atom is 0.160 e. The summed E-state index contributed by atoms with van der Waals surface area (Å²) in [7, 11) is 0. The van der Waals surface area contributed by atoms with Crippen molar-refractivity contribution in [3.05, 3.63) is 46.2 Å². The average molecular weight is 259 g/mol. The van der Waals surface area contributed by atoms with E-state index in [1.807, 2.05) is 29.6 Å². The molecule has 0 saturated heterocycles. The minimum absolute atomic E-state index is 0.670. The van der Waals surface area contributed by atoms with E-state index in [1.54, 1.807) is 0 Å². The maximum atomic E-state index is 10.7. The Morgan fingerprint density at radius 3 is 3.06 bits per heavy atom. The van der Waals surface area contributed by atoms with E-state index in [-0.39, 0.29) is 0 Å². The van der Waals surface area contributed by atoms with Gasteiger partial charge in [-0.2, -0.15) is 0 Å². The number of hydrogen-bond donors (Lipinski definition) is 0. The fourth-order valence-corrected chi connectivity index (χ4v) is 2.83. The molecule has 92 valence electrons. The zero-order valence-corrected chi connectivity index (χ0v) is 10.7. The molecule has 0 unspecified atom stereocenters. The summed E-state index contributed by atoms with van der Waals surface area (Å²) >= 11 is 1.48. The number of ether oxygens (including phenoxy) is 1. The highest BCUT2D eigenvalue weighted by atomic mass is 32.1. The number of hydrogen-bond acceptors (Lipinski definition) is 4. The molecule has 0 N–H and O–H groups in total. The van der Waals surface area contributed by atoms with Crippen LogP contribution in [-0.2, 0) is 6.54 Å². The monoisotopic (exact) mass is 259 g/mol. The molecule has 3 rings (SSSR count). The molecule has 3 nitrogen and oxygen atoms in total. The van der Waals surface area contributed by atoms with Crippen LogP contribution in [0.1, 0.15) is 15.2 Å². The summed E-state index contributed by atoms with van der Waals surface area (Å²) in [6, 6.07) is 10.0. The second kappa shape index (κ2) is 4.82. The molecule has 0 atom stereocenters. The molecule has 0 radical (unpaired) electrons. The Morgan fingerprint density at radius 1 is 1.33 bits per heavy atom. The van der Waals surface area contributed by atoms with Crippen LogP contribution in [0.15, 0.2) is 35.7 Å². The minimum atomic E-state index is 0.670. The van der Waals surface area contributed by atoms with E-state index >= 15 is 0 Å². The Balaban J connectivity index is 1.88. The summed E-state index contributed by atoms with van der Waals surface area (Å²) in [5.74, 6) is 0.964. The van der Waals surface area contributed by atoms with Crippen LogP contribution in [0, 0.1) is 0 Å². The third kappa shape index (κ3) is 2.11. The highest BCUT2D eigenvalue weighted by molar-refractivity contribution is 7.12. The van der Waals surface area contributed by atoms with Gasteiger partial charge in [0.2, 0.25) is 0 Å². The standard InChI is InChI=1S/C14H13NO2S/c16-9-13-7-12(10-18-13)15-5-6-17-14-4-2-1-3-11(14)8-15/h1-4,7,9-10H,5-6,8H2. The van der Waals surface area contributed by atoms with Crippen molar-refractivity contribution in [2.24, 2.45) is 0 Å². The molecule has 4 heteroatoms. The Hall–Kier alpha value is -1.81. The Morgan fingerprint density at radius 2 is 2.22 bits per heavy atom. The summed E-state index contributed by atoms with van der Waals surface area (Å²) in [4.78, 5) is 13.7. The first-order chi connectivity index (χ1) is 8.86. The Bertz CT molecular complexity index is 564. The number of anilines is 1. The first kappa shape index (κ1) is 11.3. The lowest BCUT2D eigenvalue weighted by molar-refractivity contribution is 0.112. The summed E-state index contributed by atoms with van der Waals surface area (Å²) in [5, 5.41) is 2.03. The lowest BCUT2D eigenvalue weighted by atomic mass is 10.2. The molecule has 1 aromatic heterocycles. The SMILES string of the molecule is O=Cc1cc(N2CCOc3ccccc3C2)cs1. The van der Waals surface area contributed by atoms with Crippen molar-refractivity contribution in [3.63, 3.8) is 0 Å². The second-order valence-corrected chi connectivity index (χ2v) is 5.15. The number of nitrogens with zero attached hydrogens (tertiary/aromatic N) is 1. The summed E-state index contributed by atoms with van der Waals surface area (Å²) < 4.78 is 5.73. The smallest absolute Gasteiger partial charge is 0.160 e. The summed E-state index contributed by atoms with van der Waals surface area (Å²) in [6.45, 7) is 2.33. The quantitative estimate of drug-likeness (QED) is 0.777. The topological polar surface area (TPSA) is 29.5 Å². The van der Waals surface area contributed by atoms with Gasteiger partial charge in [0, 0.05) is 23.2 Å². The van der Waals surface area contributed by atoms with E-state index in [4.69, 9.17) is 4.74 Å². The molecular weight excluding hydrogens is 246 g/mol. The van der Waals surface area contributed by atoms with Crippen LogP contribution >= 0.6 is 11.3 Å². The van der Waals surface area contributed by atoms with Crippen molar-refractivity contribution in [1.82, 2.24) is 0 Å². The van der Waals surface area contributed by atoms with E-state index in [0.29, 0.717) is 6.61 Å². The highest BCUT2D eigenvalue weighted by Crippen LogP contribution is 2.28. The minimum Gasteiger partial charge on any atom is -0.491 e. The fourth-order valence-electron chi connectivity index (χ4n) is 2.12. The number of carbonyl (C=O) groups excluding carboxylic acids is 1. The van der Waals surface area contributed by atoms with E-state index in [1.165, 1.54) is 16.9 Å². The van der Waals surface area contributed by atoms with Crippen LogP contribution in [0.2, 0.25) is 0 Å². The van der Waals surface area contributed by atoms with Crippen LogP contribution in [-0.4, -0.2) is 19.4 Å². The van der Waals surface area contributed by atoms with Gasteiger partial charge in [-0.15, -0.1) is 11.3 Å². The van der Waals surface area contributed by atoms with Gasteiger partial charge in [0.05, 0.1) is 11.4 Å². The van der Waals surface area contributed by atoms with Gasteiger partial charge in [-0.25, -0.2) is 0 Å². The summed E-state index contributed by atoms with van der Waals surface area (Å²) in [6.07, 6.45) is 0.899. The van der Waals surface area contributed by atoms with Gasteiger partial charge in [-0.3, -0.25) is 4.79 Å². The first-order valence-corrected chi connectivity index (χ1v) is 6.74. The third-order valence-electron chi connectivity index (χ3n) is 3.04. The summed E-state index contributed by atoms with van der Waals surface area (Å²) in [5.41, 5.74) is 2.29. The van der Waals surface area contributed by atoms with E-state index < -0.39 is 0 Å². The van der Waals surface area contributed by atoms with Crippen LogP contribution < -0.4 is 9.64 Å².